The maximum atomic E-state index is 13.4. The molecule has 3 aromatic rings. The first-order valence-electron chi connectivity index (χ1n) is 11.5. The number of nitrogens with zero attached hydrogens (tertiary/aromatic N) is 1. The van der Waals surface area contributed by atoms with Gasteiger partial charge in [0.25, 0.3) is 0 Å². The van der Waals surface area contributed by atoms with E-state index in [2.05, 4.69) is 29.0 Å². The van der Waals surface area contributed by atoms with Crippen LogP contribution in [0.2, 0.25) is 0 Å². The molecule has 2 heterocycles. The molecule has 0 fully saturated rings. The number of aliphatic imine (C=N–C) groups is 1. The molecule has 0 saturated heterocycles. The number of unbranched alkanes of at least 4 members (excludes halogenated alkanes) is 2. The molecular weight excluding hydrogens is 400 g/mol. The third-order valence-electron chi connectivity index (χ3n) is 6.61. The van der Waals surface area contributed by atoms with Crippen molar-refractivity contribution in [3.63, 3.8) is 0 Å². The zero-order valence-corrected chi connectivity index (χ0v) is 18.7. The second-order valence-corrected chi connectivity index (χ2v) is 8.74. The van der Waals surface area contributed by atoms with Gasteiger partial charge in [-0.15, -0.1) is 0 Å². The largest absolute Gasteiger partial charge is 0.480 e. The number of ketones is 1. The summed E-state index contributed by atoms with van der Waals surface area (Å²) in [6.45, 7) is 4.52. The zero-order chi connectivity index (χ0) is 22.7. The number of aryl methyl sites for hydroxylation is 1. The first-order chi connectivity index (χ1) is 15.5. The fourth-order valence-electron chi connectivity index (χ4n) is 4.73. The van der Waals surface area contributed by atoms with E-state index in [4.69, 9.17) is 0 Å². The second-order valence-electron chi connectivity index (χ2n) is 8.74. The van der Waals surface area contributed by atoms with Gasteiger partial charge in [-0.05, 0) is 30.0 Å². The fourth-order valence-corrected chi connectivity index (χ4v) is 4.73. The highest BCUT2D eigenvalue weighted by atomic mass is 16.4. The van der Waals surface area contributed by atoms with Gasteiger partial charge < -0.3 is 10.1 Å². The number of aromatic nitrogens is 1. The van der Waals surface area contributed by atoms with Gasteiger partial charge in [0.2, 0.25) is 0 Å². The van der Waals surface area contributed by atoms with Crippen LogP contribution < -0.4 is 0 Å². The Kier molecular flexibility index (Phi) is 6.54. The molecule has 0 aliphatic carbocycles. The number of nitrogens with one attached hydrogen (secondary N) is 1. The van der Waals surface area contributed by atoms with Crippen LogP contribution in [0.4, 0.5) is 0 Å². The second kappa shape index (κ2) is 9.51. The van der Waals surface area contributed by atoms with E-state index in [1.807, 2.05) is 43.3 Å². The van der Waals surface area contributed by atoms with E-state index in [1.165, 1.54) is 24.6 Å². The number of carbonyl (C=O) groups is 2. The fraction of sp³-hybridized carbons (Fsp3) is 0.370. The lowest BCUT2D eigenvalue weighted by molar-refractivity contribution is -0.137. The van der Waals surface area contributed by atoms with Gasteiger partial charge in [-0.25, -0.2) is 0 Å². The predicted molar refractivity (Wildman–Crippen MR) is 128 cm³/mol. The number of hydrogen-bond acceptors (Lipinski definition) is 3. The molecular formula is C27H30N2O3. The predicted octanol–water partition coefficient (Wildman–Crippen LogP) is 5.76. The van der Waals surface area contributed by atoms with Gasteiger partial charge in [-0.2, -0.15) is 0 Å². The lowest BCUT2D eigenvalue weighted by Gasteiger charge is -2.22. The van der Waals surface area contributed by atoms with E-state index >= 15 is 0 Å². The molecule has 1 aliphatic heterocycles. The first-order valence-corrected chi connectivity index (χ1v) is 11.5. The smallest absolute Gasteiger partial charge is 0.318 e. The van der Waals surface area contributed by atoms with Crippen molar-refractivity contribution in [1.29, 1.82) is 0 Å². The van der Waals surface area contributed by atoms with E-state index in [0.717, 1.165) is 29.3 Å². The molecule has 3 unspecified atom stereocenters. The lowest BCUT2D eigenvalue weighted by atomic mass is 9.80. The minimum Gasteiger partial charge on any atom is -0.480 e. The quantitative estimate of drug-likeness (QED) is 0.352. The summed E-state index contributed by atoms with van der Waals surface area (Å²) >= 11 is 0. The van der Waals surface area contributed by atoms with Gasteiger partial charge in [0.15, 0.2) is 5.78 Å². The van der Waals surface area contributed by atoms with Crippen LogP contribution in [0.15, 0.2) is 53.5 Å². The number of aliphatic carboxylic acids is 1. The van der Waals surface area contributed by atoms with Crippen LogP contribution in [0.3, 0.4) is 0 Å². The molecule has 0 amide bonds. The molecule has 1 aliphatic rings. The normalized spacial score (nSPS) is 18.8. The lowest BCUT2D eigenvalue weighted by Crippen LogP contribution is -2.23. The van der Waals surface area contributed by atoms with Gasteiger partial charge in [-0.3, -0.25) is 14.6 Å². The van der Waals surface area contributed by atoms with E-state index < -0.39 is 11.9 Å². The van der Waals surface area contributed by atoms with Crippen molar-refractivity contribution in [2.45, 2.75) is 51.4 Å². The van der Waals surface area contributed by atoms with E-state index in [-0.39, 0.29) is 17.6 Å². The van der Waals surface area contributed by atoms with Gasteiger partial charge in [-0.1, -0.05) is 69.2 Å². The minimum atomic E-state index is -0.945. The van der Waals surface area contributed by atoms with Crippen molar-refractivity contribution in [1.82, 2.24) is 4.98 Å². The van der Waals surface area contributed by atoms with Crippen molar-refractivity contribution < 1.29 is 14.7 Å². The summed E-state index contributed by atoms with van der Waals surface area (Å²) < 4.78 is 0. The molecule has 166 valence electrons. The number of H-pyrrole nitrogens is 1. The van der Waals surface area contributed by atoms with E-state index in [1.54, 1.807) is 0 Å². The Morgan fingerprint density at radius 3 is 2.59 bits per heavy atom. The summed E-state index contributed by atoms with van der Waals surface area (Å²) in [5.74, 6) is -2.25. The number of rotatable bonds is 8. The van der Waals surface area contributed by atoms with E-state index in [9.17, 15) is 14.7 Å². The molecule has 2 N–H and O–H groups in total. The zero-order valence-electron chi connectivity index (χ0n) is 18.7. The van der Waals surface area contributed by atoms with Crippen LogP contribution in [0.5, 0.6) is 0 Å². The van der Waals surface area contributed by atoms with Crippen LogP contribution in [-0.4, -0.2) is 34.6 Å². The average Bonchev–Trinajstić information content (AvgIpc) is 3.07. The number of aromatic amines is 1. The number of hydrogen-bond donors (Lipinski definition) is 2. The molecule has 0 radical (unpaired) electrons. The van der Waals surface area contributed by atoms with Crippen molar-refractivity contribution >= 4 is 28.9 Å². The van der Waals surface area contributed by atoms with Gasteiger partial charge in [0.05, 0.1) is 0 Å². The standard InChI is InChI=1S/C27H30N2O3/c1-3-4-5-8-18-11-13-19(14-12-18)26(30)17(2)21-15-28-16-22(27(31)32)25-24(21)20-9-6-7-10-23(20)29-25/h6-7,9-14,16-17,21-22,29H,3-5,8,15H2,1-2H3,(H,31,32). The number of Topliss-reactive ketones (excluding diaryl/α,β-unsaturated/α-hetero) is 1. The van der Waals surface area contributed by atoms with Crippen LogP contribution in [0.25, 0.3) is 10.9 Å². The molecule has 0 spiro atoms. The molecule has 3 atom stereocenters. The third-order valence-corrected chi connectivity index (χ3v) is 6.61. The molecule has 1 aromatic heterocycles. The highest BCUT2D eigenvalue weighted by molar-refractivity contribution is 6.01. The Labute approximate surface area is 188 Å². The number of para-hydroxylation sites is 1. The monoisotopic (exact) mass is 430 g/mol. The summed E-state index contributed by atoms with van der Waals surface area (Å²) in [6, 6.07) is 15.8. The van der Waals surface area contributed by atoms with Crippen LogP contribution in [-0.2, 0) is 11.2 Å². The van der Waals surface area contributed by atoms with Crippen LogP contribution >= 0.6 is 0 Å². The Balaban J connectivity index is 1.65. The highest BCUT2D eigenvalue weighted by Crippen LogP contribution is 2.39. The molecule has 0 saturated carbocycles. The summed E-state index contributed by atoms with van der Waals surface area (Å²) in [4.78, 5) is 33.1. The first kappa shape index (κ1) is 22.0. The topological polar surface area (TPSA) is 82.5 Å². The van der Waals surface area contributed by atoms with Crippen molar-refractivity contribution in [3.05, 3.63) is 70.9 Å². The number of benzene rings is 2. The third kappa shape index (κ3) is 4.24. The van der Waals surface area contributed by atoms with Crippen molar-refractivity contribution in [2.75, 3.05) is 6.54 Å². The summed E-state index contributed by atoms with van der Waals surface area (Å²) in [5, 5.41) is 10.7. The van der Waals surface area contributed by atoms with Crippen molar-refractivity contribution in [2.24, 2.45) is 10.9 Å². The summed E-state index contributed by atoms with van der Waals surface area (Å²) in [6.07, 6.45) is 6.10. The maximum Gasteiger partial charge on any atom is 0.318 e. The average molecular weight is 431 g/mol. The SMILES string of the molecule is CCCCCc1ccc(C(=O)C(C)C2CN=CC(C(=O)O)c3[nH]c4ccccc4c32)cc1. The molecule has 4 rings (SSSR count). The Bertz CT molecular complexity index is 1140. The highest BCUT2D eigenvalue weighted by Gasteiger charge is 2.35. The number of carboxylic acids is 1. The van der Waals surface area contributed by atoms with Crippen LogP contribution in [0, 0.1) is 5.92 Å². The molecule has 5 heteroatoms. The maximum absolute atomic E-state index is 13.4. The van der Waals surface area contributed by atoms with Crippen molar-refractivity contribution in [3.8, 4) is 0 Å². The van der Waals surface area contributed by atoms with Gasteiger partial charge in [0, 0.05) is 46.8 Å². The Morgan fingerprint density at radius 2 is 1.88 bits per heavy atom. The molecule has 32 heavy (non-hydrogen) atoms. The minimum absolute atomic E-state index is 0.0651. The molecule has 0 bridgehead atoms. The van der Waals surface area contributed by atoms with Gasteiger partial charge in [0.1, 0.15) is 5.92 Å². The summed E-state index contributed by atoms with van der Waals surface area (Å²) in [5.41, 5.74) is 4.38. The molecule has 2 aromatic carbocycles. The van der Waals surface area contributed by atoms with E-state index in [0.29, 0.717) is 17.8 Å². The Morgan fingerprint density at radius 1 is 1.12 bits per heavy atom. The number of fused-ring (bicyclic) bond motifs is 3. The summed E-state index contributed by atoms with van der Waals surface area (Å²) in [7, 11) is 0. The number of carbonyl (C=O) groups excluding carboxylic acids is 1. The Hall–Kier alpha value is -3.21. The number of carboxylic acid groups (broad SMARTS) is 1. The van der Waals surface area contributed by atoms with Crippen LogP contribution in [0.1, 0.15) is 72.1 Å². The van der Waals surface area contributed by atoms with Gasteiger partial charge >= 0.3 is 5.97 Å². The molecule has 5 nitrogen and oxygen atoms in total.